The van der Waals surface area contributed by atoms with Crippen LogP contribution in [-0.2, 0) is 9.53 Å². The van der Waals surface area contributed by atoms with Crippen LogP contribution in [0.15, 0.2) is 0 Å². The molecule has 0 heterocycles. The first-order valence-electron chi connectivity index (χ1n) is 9.40. The highest BCUT2D eigenvalue weighted by atomic mass is 16.5. The Morgan fingerprint density at radius 3 is 2.09 bits per heavy atom. The third-order valence-corrected chi connectivity index (χ3v) is 3.73. The third-order valence-electron chi connectivity index (χ3n) is 3.73. The van der Waals surface area contributed by atoms with Gasteiger partial charge in [0.2, 0.25) is 6.41 Å². The van der Waals surface area contributed by atoms with Crippen LogP contribution in [0.3, 0.4) is 0 Å². The van der Waals surface area contributed by atoms with Crippen molar-refractivity contribution < 1.29 is 9.53 Å². The third kappa shape index (κ3) is 16.0. The van der Waals surface area contributed by atoms with Crippen LogP contribution >= 0.6 is 0 Å². The molecule has 0 radical (unpaired) electrons. The standard InChI is InChI=1S/C13H26N2O2.C4H10.C2H6/c1-15(9-3-4-10-17-2)13-7-5-12(6-8-13)14-11-16;1-4(2)3;1-2/h11-13H,3-10H2,1-2H3,(H,14,16);4H,1-3H3;1-2H3. The molecule has 0 aromatic heterocycles. The first kappa shape index (κ1) is 24.6. The summed E-state index contributed by atoms with van der Waals surface area (Å²) in [6, 6.07) is 1.10. The summed E-state index contributed by atoms with van der Waals surface area (Å²) in [6.07, 6.45) is 7.81. The molecule has 23 heavy (non-hydrogen) atoms. The molecular formula is C19H42N2O2. The number of nitrogens with zero attached hydrogens (tertiary/aromatic N) is 1. The Morgan fingerprint density at radius 1 is 1.13 bits per heavy atom. The summed E-state index contributed by atoms with van der Waals surface area (Å²) in [5, 5.41) is 2.89. The van der Waals surface area contributed by atoms with Gasteiger partial charge in [-0.25, -0.2) is 0 Å². The Kier molecular flexibility index (Phi) is 19.0. The monoisotopic (exact) mass is 330 g/mol. The second-order valence-corrected chi connectivity index (χ2v) is 6.70. The summed E-state index contributed by atoms with van der Waals surface area (Å²) in [6.45, 7) is 12.5. The van der Waals surface area contributed by atoms with Crippen molar-refractivity contribution in [1.29, 1.82) is 0 Å². The zero-order valence-electron chi connectivity index (χ0n) is 16.7. The minimum absolute atomic E-state index is 0.408. The van der Waals surface area contributed by atoms with E-state index in [1.165, 1.54) is 19.3 Å². The Hall–Kier alpha value is -0.610. The molecule has 1 amide bonds. The van der Waals surface area contributed by atoms with Crippen LogP contribution in [0.25, 0.3) is 0 Å². The highest BCUT2D eigenvalue weighted by Gasteiger charge is 2.23. The predicted molar refractivity (Wildman–Crippen MR) is 101 cm³/mol. The van der Waals surface area contributed by atoms with Gasteiger partial charge in [0, 0.05) is 25.8 Å². The fraction of sp³-hybridized carbons (Fsp3) is 0.947. The van der Waals surface area contributed by atoms with E-state index in [1.54, 1.807) is 7.11 Å². The Labute approximate surface area is 145 Å². The van der Waals surface area contributed by atoms with E-state index >= 15 is 0 Å². The summed E-state index contributed by atoms with van der Waals surface area (Å²) in [5.74, 6) is 0.833. The summed E-state index contributed by atoms with van der Waals surface area (Å²) < 4.78 is 5.05. The Morgan fingerprint density at radius 2 is 1.65 bits per heavy atom. The van der Waals surface area contributed by atoms with Crippen molar-refractivity contribution in [2.75, 3.05) is 27.3 Å². The minimum Gasteiger partial charge on any atom is -0.385 e. The molecule has 1 aliphatic carbocycles. The molecule has 0 spiro atoms. The number of methoxy groups -OCH3 is 1. The zero-order chi connectivity index (χ0) is 18.1. The van der Waals surface area contributed by atoms with Crippen LogP contribution in [0.2, 0.25) is 0 Å². The number of rotatable bonds is 8. The average Bonchev–Trinajstić information content (AvgIpc) is 2.54. The van der Waals surface area contributed by atoms with Gasteiger partial charge in [-0.3, -0.25) is 4.79 Å². The maximum atomic E-state index is 10.4. The summed E-state index contributed by atoms with van der Waals surface area (Å²) in [7, 11) is 3.97. The Bertz CT molecular complexity index is 237. The molecule has 0 aliphatic heterocycles. The zero-order valence-corrected chi connectivity index (χ0v) is 16.7. The van der Waals surface area contributed by atoms with Crippen LogP contribution in [-0.4, -0.2) is 50.7 Å². The fourth-order valence-electron chi connectivity index (χ4n) is 2.57. The van der Waals surface area contributed by atoms with E-state index in [4.69, 9.17) is 4.74 Å². The highest BCUT2D eigenvalue weighted by Crippen LogP contribution is 2.22. The summed E-state index contributed by atoms with van der Waals surface area (Å²) in [4.78, 5) is 12.8. The molecule has 0 unspecified atom stereocenters. The number of hydrogen-bond acceptors (Lipinski definition) is 3. The van der Waals surface area contributed by atoms with Crippen LogP contribution in [0.4, 0.5) is 0 Å². The lowest BCUT2D eigenvalue weighted by molar-refractivity contribution is -0.110. The van der Waals surface area contributed by atoms with E-state index in [9.17, 15) is 4.79 Å². The van der Waals surface area contributed by atoms with Gasteiger partial charge in [0.1, 0.15) is 0 Å². The van der Waals surface area contributed by atoms with Gasteiger partial charge in [0.05, 0.1) is 0 Å². The number of nitrogens with one attached hydrogen (secondary N) is 1. The molecule has 4 heteroatoms. The topological polar surface area (TPSA) is 41.6 Å². The molecule has 1 N–H and O–H groups in total. The maximum Gasteiger partial charge on any atom is 0.207 e. The molecule has 1 fully saturated rings. The van der Waals surface area contributed by atoms with Crippen LogP contribution in [0.1, 0.15) is 73.1 Å². The molecule has 0 bridgehead atoms. The number of amides is 1. The molecule has 1 rings (SSSR count). The quantitative estimate of drug-likeness (QED) is 0.538. The van der Waals surface area contributed by atoms with Crippen molar-refractivity contribution in [2.45, 2.75) is 85.2 Å². The van der Waals surface area contributed by atoms with Gasteiger partial charge in [-0.05, 0) is 58.0 Å². The molecule has 0 atom stereocenters. The molecule has 140 valence electrons. The van der Waals surface area contributed by atoms with E-state index in [0.29, 0.717) is 12.1 Å². The van der Waals surface area contributed by atoms with Gasteiger partial charge < -0.3 is 15.0 Å². The number of carbonyl (C=O) groups excluding carboxylic acids is 1. The lowest BCUT2D eigenvalue weighted by Gasteiger charge is -2.34. The van der Waals surface area contributed by atoms with E-state index in [2.05, 4.69) is 38.0 Å². The van der Waals surface area contributed by atoms with Crippen LogP contribution < -0.4 is 5.32 Å². The van der Waals surface area contributed by atoms with Gasteiger partial charge in [-0.15, -0.1) is 0 Å². The van der Waals surface area contributed by atoms with E-state index < -0.39 is 0 Å². The second-order valence-electron chi connectivity index (χ2n) is 6.70. The minimum atomic E-state index is 0.408. The van der Waals surface area contributed by atoms with Gasteiger partial charge in [-0.1, -0.05) is 34.6 Å². The average molecular weight is 331 g/mol. The Balaban J connectivity index is 0. The molecule has 0 aromatic rings. The number of carbonyl (C=O) groups is 1. The van der Waals surface area contributed by atoms with Crippen molar-refractivity contribution >= 4 is 6.41 Å². The highest BCUT2D eigenvalue weighted by molar-refractivity contribution is 5.46. The molecular weight excluding hydrogens is 288 g/mol. The van der Waals surface area contributed by atoms with E-state index in [-0.39, 0.29) is 0 Å². The van der Waals surface area contributed by atoms with Crippen molar-refractivity contribution in [1.82, 2.24) is 10.2 Å². The second kappa shape index (κ2) is 17.7. The lowest BCUT2D eigenvalue weighted by atomic mass is 9.90. The fourth-order valence-corrected chi connectivity index (χ4v) is 2.57. The van der Waals surface area contributed by atoms with Gasteiger partial charge in [0.25, 0.3) is 0 Å². The maximum absolute atomic E-state index is 10.4. The summed E-state index contributed by atoms with van der Waals surface area (Å²) in [5.41, 5.74) is 0. The normalized spacial score (nSPS) is 20.2. The van der Waals surface area contributed by atoms with Crippen molar-refractivity contribution in [2.24, 2.45) is 5.92 Å². The molecule has 1 saturated carbocycles. The van der Waals surface area contributed by atoms with Crippen molar-refractivity contribution in [3.8, 4) is 0 Å². The smallest absolute Gasteiger partial charge is 0.207 e. The van der Waals surface area contributed by atoms with Gasteiger partial charge in [-0.2, -0.15) is 0 Å². The molecule has 1 aliphatic rings. The van der Waals surface area contributed by atoms with Gasteiger partial charge in [0.15, 0.2) is 0 Å². The lowest BCUT2D eigenvalue weighted by Crippen LogP contribution is -2.40. The van der Waals surface area contributed by atoms with Crippen molar-refractivity contribution in [3.05, 3.63) is 0 Å². The summed E-state index contributed by atoms with van der Waals surface area (Å²) >= 11 is 0. The first-order chi connectivity index (χ1) is 11.0. The first-order valence-corrected chi connectivity index (χ1v) is 9.40. The van der Waals surface area contributed by atoms with Crippen LogP contribution in [0, 0.1) is 5.92 Å². The van der Waals surface area contributed by atoms with Crippen LogP contribution in [0.5, 0.6) is 0 Å². The molecule has 0 aromatic carbocycles. The van der Waals surface area contributed by atoms with Gasteiger partial charge >= 0.3 is 0 Å². The largest absolute Gasteiger partial charge is 0.385 e. The van der Waals surface area contributed by atoms with E-state index in [0.717, 1.165) is 44.7 Å². The number of hydrogen-bond donors (Lipinski definition) is 1. The molecule has 0 saturated heterocycles. The SMILES string of the molecule is CC.CC(C)C.COCCCCN(C)C1CCC(NC=O)CC1. The molecule has 4 nitrogen and oxygen atoms in total. The number of unbranched alkanes of at least 4 members (excludes halogenated alkanes) is 1. The predicted octanol–water partition coefficient (Wildman–Crippen LogP) is 4.09. The number of ether oxygens (including phenoxy) is 1. The van der Waals surface area contributed by atoms with E-state index in [1.807, 2.05) is 13.8 Å². The van der Waals surface area contributed by atoms with Crippen molar-refractivity contribution in [3.63, 3.8) is 0 Å².